The summed E-state index contributed by atoms with van der Waals surface area (Å²) < 4.78 is 66.1. The number of likely N-dealkylation sites (tertiary alicyclic amines) is 1. The van der Waals surface area contributed by atoms with Crippen LogP contribution in [0.15, 0.2) is 42.5 Å². The highest BCUT2D eigenvalue weighted by molar-refractivity contribution is 7.21. The number of carbonyl (C=O) groups excluding carboxylic acids is 2. The van der Waals surface area contributed by atoms with Crippen LogP contribution in [0.25, 0.3) is 21.3 Å². The summed E-state index contributed by atoms with van der Waals surface area (Å²) in [4.78, 5) is 27.9. The van der Waals surface area contributed by atoms with E-state index >= 15 is 0 Å². The third-order valence-electron chi connectivity index (χ3n) is 8.91. The molecule has 1 N–H and O–H groups in total. The number of amides is 1. The number of benzene rings is 2. The third-order valence-corrected chi connectivity index (χ3v) is 9.96. The maximum atomic E-state index is 13.9. The molecular weight excluding hydrogens is 640 g/mol. The number of hydrogen-bond donors (Lipinski definition) is 1. The predicted molar refractivity (Wildman–Crippen MR) is 167 cm³/mol. The van der Waals surface area contributed by atoms with Gasteiger partial charge in [-0.25, -0.2) is 9.18 Å². The molecule has 9 nitrogen and oxygen atoms in total. The number of aromatic nitrogens is 2. The molecule has 14 heteroatoms. The molecule has 1 unspecified atom stereocenters. The van der Waals surface area contributed by atoms with Crippen LogP contribution in [0, 0.1) is 5.82 Å². The third kappa shape index (κ3) is 6.99. The highest BCUT2D eigenvalue weighted by Gasteiger charge is 2.32. The predicted octanol–water partition coefficient (Wildman–Crippen LogP) is 6.21. The molecule has 6 rings (SSSR count). The SMILES string of the molecule is COC(=O)Oc1sc2cc(F)ccc2c1C1CCN(CC(O)Cn2nc(-c3ccc(C(F)(F)F)cc3)c3c2CCN(C(C)=O)C3)CC1. The van der Waals surface area contributed by atoms with Crippen molar-refractivity contribution in [1.29, 1.82) is 0 Å². The average Bonchev–Trinajstić information content (AvgIpc) is 3.57. The van der Waals surface area contributed by atoms with Gasteiger partial charge in [0.25, 0.3) is 0 Å². The van der Waals surface area contributed by atoms with Gasteiger partial charge in [0.1, 0.15) is 5.82 Å². The number of β-amino-alcohol motifs (C(OH)–C–C–N with tert-alkyl or cyclic N) is 1. The van der Waals surface area contributed by atoms with Crippen molar-refractivity contribution < 1.29 is 41.7 Å². The molecule has 2 aromatic heterocycles. The second-order valence-corrected chi connectivity index (χ2v) is 13.0. The van der Waals surface area contributed by atoms with E-state index < -0.39 is 24.0 Å². The zero-order valence-corrected chi connectivity index (χ0v) is 26.7. The van der Waals surface area contributed by atoms with Gasteiger partial charge in [-0.05, 0) is 56.1 Å². The minimum atomic E-state index is -4.46. The van der Waals surface area contributed by atoms with Gasteiger partial charge >= 0.3 is 12.3 Å². The number of nitrogens with zero attached hydrogens (tertiary/aromatic N) is 4. The molecule has 1 atom stereocenters. The number of ether oxygens (including phenoxy) is 2. The van der Waals surface area contributed by atoms with Crippen molar-refractivity contribution in [3.8, 4) is 16.3 Å². The highest BCUT2D eigenvalue weighted by Crippen LogP contribution is 2.46. The van der Waals surface area contributed by atoms with Crippen LogP contribution in [-0.2, 0) is 35.2 Å². The van der Waals surface area contributed by atoms with Gasteiger partial charge in [0, 0.05) is 65.4 Å². The number of methoxy groups -OCH3 is 1. The molecular formula is C33H34F4N4O5S. The second kappa shape index (κ2) is 13.2. The van der Waals surface area contributed by atoms with Crippen molar-refractivity contribution in [3.63, 3.8) is 0 Å². The van der Waals surface area contributed by atoms with Crippen LogP contribution >= 0.6 is 11.3 Å². The van der Waals surface area contributed by atoms with E-state index in [1.54, 1.807) is 15.6 Å². The Kier molecular flexibility index (Phi) is 9.27. The van der Waals surface area contributed by atoms with Crippen molar-refractivity contribution in [2.45, 2.75) is 57.5 Å². The van der Waals surface area contributed by atoms with Crippen molar-refractivity contribution >= 4 is 33.5 Å². The normalized spacial score (nSPS) is 16.7. The van der Waals surface area contributed by atoms with E-state index in [0.29, 0.717) is 53.6 Å². The van der Waals surface area contributed by atoms with Crippen LogP contribution in [0.1, 0.15) is 48.1 Å². The van der Waals surface area contributed by atoms with E-state index in [9.17, 15) is 32.3 Å². The summed E-state index contributed by atoms with van der Waals surface area (Å²) in [7, 11) is 1.23. The van der Waals surface area contributed by atoms with Crippen LogP contribution < -0.4 is 4.74 Å². The molecule has 0 radical (unpaired) electrons. The summed E-state index contributed by atoms with van der Waals surface area (Å²) in [5.41, 5.74) is 2.73. The fraction of sp³-hybridized carbons (Fsp3) is 0.424. The lowest BCUT2D eigenvalue weighted by molar-refractivity contribution is -0.137. The van der Waals surface area contributed by atoms with Gasteiger partial charge in [0.05, 0.1) is 31.0 Å². The summed E-state index contributed by atoms with van der Waals surface area (Å²) in [5.74, 6) is -0.424. The van der Waals surface area contributed by atoms with Crippen LogP contribution in [0.4, 0.5) is 22.4 Å². The molecule has 250 valence electrons. The number of hydrogen-bond acceptors (Lipinski definition) is 8. The van der Waals surface area contributed by atoms with E-state index in [1.807, 2.05) is 0 Å². The van der Waals surface area contributed by atoms with Crippen LogP contribution in [-0.4, -0.2) is 76.1 Å². The molecule has 4 heterocycles. The van der Waals surface area contributed by atoms with Gasteiger partial charge in [-0.3, -0.25) is 9.48 Å². The zero-order chi connectivity index (χ0) is 33.5. The standard InChI is InChI=1S/C33H34F4N4O5S/c1-19(42)40-14-11-27-26(18-40)30(21-3-5-22(6-4-21)33(35,36)37)38-41(27)17-24(43)16-39-12-9-20(10-13-39)29-25-8-7-23(34)15-28(25)47-31(29)46-32(44)45-2/h3-8,15,20,24,43H,9-14,16-18H2,1-2H3. The summed E-state index contributed by atoms with van der Waals surface area (Å²) in [6.45, 7) is 4.14. The largest absolute Gasteiger partial charge is 0.514 e. The zero-order valence-electron chi connectivity index (χ0n) is 25.8. The average molecular weight is 675 g/mol. The number of piperidine rings is 1. The van der Waals surface area contributed by atoms with Crippen LogP contribution in [0.2, 0.25) is 0 Å². The number of halogens is 4. The minimum Gasteiger partial charge on any atom is -0.437 e. The highest BCUT2D eigenvalue weighted by atomic mass is 32.1. The topological polar surface area (TPSA) is 97.1 Å². The number of alkyl halides is 3. The van der Waals surface area contributed by atoms with Crippen LogP contribution in [0.3, 0.4) is 0 Å². The number of fused-ring (bicyclic) bond motifs is 2. The van der Waals surface area contributed by atoms with Gasteiger partial charge < -0.3 is 24.4 Å². The molecule has 2 aliphatic rings. The molecule has 2 aromatic carbocycles. The maximum Gasteiger partial charge on any atom is 0.514 e. The Morgan fingerprint density at radius 3 is 2.47 bits per heavy atom. The summed E-state index contributed by atoms with van der Waals surface area (Å²) in [6, 6.07) is 9.33. The lowest BCUT2D eigenvalue weighted by atomic mass is 9.88. The Balaban J connectivity index is 1.16. The molecule has 0 aliphatic carbocycles. The van der Waals surface area contributed by atoms with E-state index in [4.69, 9.17) is 9.84 Å². The Hall–Kier alpha value is -4.01. The molecule has 0 saturated carbocycles. The number of aliphatic hydroxyl groups is 1. The van der Waals surface area contributed by atoms with Crippen molar-refractivity contribution in [3.05, 3.63) is 70.7 Å². The Bertz CT molecular complexity index is 1780. The Labute approximate surface area is 272 Å². The lowest BCUT2D eigenvalue weighted by Crippen LogP contribution is -2.40. The molecule has 1 fully saturated rings. The summed E-state index contributed by atoms with van der Waals surface area (Å²) in [6.07, 6.45) is -4.13. The van der Waals surface area contributed by atoms with Gasteiger partial charge in [0.2, 0.25) is 5.91 Å². The van der Waals surface area contributed by atoms with E-state index in [-0.39, 0.29) is 30.7 Å². The van der Waals surface area contributed by atoms with Crippen molar-refractivity contribution in [2.75, 3.05) is 33.3 Å². The van der Waals surface area contributed by atoms with Gasteiger partial charge in [-0.2, -0.15) is 18.3 Å². The monoisotopic (exact) mass is 674 g/mol. The quantitative estimate of drug-likeness (QED) is 0.184. The van der Waals surface area contributed by atoms with Crippen LogP contribution in [0.5, 0.6) is 5.06 Å². The molecule has 1 amide bonds. The number of carbonyl (C=O) groups is 2. The number of aliphatic hydroxyl groups excluding tert-OH is 1. The van der Waals surface area contributed by atoms with Gasteiger partial charge in [-0.1, -0.05) is 29.5 Å². The van der Waals surface area contributed by atoms with Crippen molar-refractivity contribution in [1.82, 2.24) is 19.6 Å². The summed E-state index contributed by atoms with van der Waals surface area (Å²) >= 11 is 1.20. The van der Waals surface area contributed by atoms with E-state index in [2.05, 4.69) is 9.64 Å². The number of thiophene rings is 1. The molecule has 1 saturated heterocycles. The van der Waals surface area contributed by atoms with E-state index in [0.717, 1.165) is 47.2 Å². The van der Waals surface area contributed by atoms with Gasteiger partial charge in [-0.15, -0.1) is 0 Å². The minimum absolute atomic E-state index is 0.0518. The Morgan fingerprint density at radius 2 is 1.81 bits per heavy atom. The molecule has 0 spiro atoms. The molecule has 4 aromatic rings. The second-order valence-electron chi connectivity index (χ2n) is 12.0. The first kappa shape index (κ1) is 32.9. The first-order valence-corrected chi connectivity index (χ1v) is 16.1. The number of rotatable bonds is 7. The summed E-state index contributed by atoms with van der Waals surface area (Å²) in [5, 5.41) is 17.2. The molecule has 2 aliphatic heterocycles. The lowest BCUT2D eigenvalue weighted by Gasteiger charge is -2.33. The first-order valence-electron chi connectivity index (χ1n) is 15.3. The fourth-order valence-corrected chi connectivity index (χ4v) is 7.72. The Morgan fingerprint density at radius 1 is 1.09 bits per heavy atom. The first-order chi connectivity index (χ1) is 22.4. The maximum absolute atomic E-state index is 13.9. The van der Waals surface area contributed by atoms with Crippen molar-refractivity contribution in [2.24, 2.45) is 0 Å². The van der Waals surface area contributed by atoms with E-state index in [1.165, 1.54) is 49.6 Å². The smallest absolute Gasteiger partial charge is 0.437 e. The van der Waals surface area contributed by atoms with Gasteiger partial charge in [0.15, 0.2) is 5.06 Å². The fourth-order valence-electron chi connectivity index (χ4n) is 6.57. The molecule has 0 bridgehead atoms. The molecule has 47 heavy (non-hydrogen) atoms.